The quantitative estimate of drug-likeness (QED) is 0.381. The van der Waals surface area contributed by atoms with Crippen molar-refractivity contribution in [3.05, 3.63) is 47.5 Å². The summed E-state index contributed by atoms with van der Waals surface area (Å²) in [5.74, 6) is -2.36. The van der Waals surface area contributed by atoms with Crippen LogP contribution in [0.4, 0.5) is 4.79 Å². The van der Waals surface area contributed by atoms with E-state index in [1.165, 1.54) is 16.0 Å². The number of hydrogen-bond donors (Lipinski definition) is 2. The zero-order valence-electron chi connectivity index (χ0n) is 30.0. The Bertz CT molecular complexity index is 1640. The molecule has 2 saturated carbocycles. The Balaban J connectivity index is 1.26. The maximum Gasteiger partial charge on any atom is 0.410 e. The Morgan fingerprint density at radius 3 is 2.44 bits per heavy atom. The maximum absolute atomic E-state index is 14.5. The van der Waals surface area contributed by atoms with Crippen LogP contribution in [0.1, 0.15) is 109 Å². The monoisotopic (exact) mass is 710 g/mol. The number of amides is 4. The van der Waals surface area contributed by atoms with Crippen molar-refractivity contribution in [2.45, 2.75) is 134 Å². The first-order chi connectivity index (χ1) is 23.6. The molecule has 11 nitrogen and oxygen atoms in total. The van der Waals surface area contributed by atoms with Crippen molar-refractivity contribution in [1.29, 1.82) is 0 Å². The first kappa shape index (κ1) is 36.4. The summed E-state index contributed by atoms with van der Waals surface area (Å²) in [5.41, 5.74) is 1.97. The molecule has 3 heterocycles. The van der Waals surface area contributed by atoms with Crippen LogP contribution in [0.15, 0.2) is 30.9 Å². The van der Waals surface area contributed by atoms with Gasteiger partial charge < -0.3 is 15.0 Å². The molecule has 3 fully saturated rings. The fourth-order valence-electron chi connectivity index (χ4n) is 8.26. The molecule has 0 aromatic heterocycles. The van der Waals surface area contributed by atoms with Gasteiger partial charge in [-0.1, -0.05) is 71.2 Å². The van der Waals surface area contributed by atoms with Crippen molar-refractivity contribution in [2.24, 2.45) is 23.2 Å². The molecule has 2 aliphatic carbocycles. The second kappa shape index (κ2) is 14.0. The number of sulfonamides is 1. The molecule has 4 amide bonds. The van der Waals surface area contributed by atoms with Gasteiger partial charge in [-0.3, -0.25) is 24.0 Å². The number of fused-ring (bicyclic) bond motifs is 3. The van der Waals surface area contributed by atoms with Crippen molar-refractivity contribution in [2.75, 3.05) is 6.54 Å². The van der Waals surface area contributed by atoms with Crippen molar-refractivity contribution < 1.29 is 32.3 Å². The predicted molar refractivity (Wildman–Crippen MR) is 189 cm³/mol. The minimum atomic E-state index is -3.85. The summed E-state index contributed by atoms with van der Waals surface area (Å²) in [4.78, 5) is 59.0. The molecule has 5 atom stereocenters. The highest BCUT2D eigenvalue weighted by Gasteiger charge is 2.62. The third-order valence-corrected chi connectivity index (χ3v) is 13.5. The standard InChI is InChI=1S/C38H54N4O7S/c1-6-27-19-38(27,35(45)40-50(47,48)29-15-16-29)39-33(43)32-18-28-22-42(32)34(44)30(24(2)3)20-37(4,5)17-10-8-7-9-12-25-13-11-14-26-21-41(23-31(25)26)36(46)49-28/h6,11,13-14,24,27-30,32H,1,7-10,12,15-23H2,2-5H3,(H,39,43)(H,40,45)/t27-,28-,30+,32+,38-/m1/s1. The van der Waals surface area contributed by atoms with Gasteiger partial charge in [0.05, 0.1) is 11.8 Å². The Hall–Kier alpha value is -3.41. The van der Waals surface area contributed by atoms with E-state index in [4.69, 9.17) is 4.74 Å². The summed E-state index contributed by atoms with van der Waals surface area (Å²) in [6, 6.07) is 5.25. The molecule has 274 valence electrons. The second-order valence-electron chi connectivity index (χ2n) is 16.5. The van der Waals surface area contributed by atoms with E-state index in [9.17, 15) is 27.6 Å². The molecule has 1 saturated heterocycles. The Morgan fingerprint density at radius 1 is 1.04 bits per heavy atom. The van der Waals surface area contributed by atoms with E-state index in [0.29, 0.717) is 32.4 Å². The Kier molecular flexibility index (Phi) is 10.2. The lowest BCUT2D eigenvalue weighted by atomic mass is 9.75. The number of rotatable bonds is 7. The largest absolute Gasteiger partial charge is 0.444 e. The lowest BCUT2D eigenvalue weighted by molar-refractivity contribution is -0.144. The fraction of sp³-hybridized carbons (Fsp3) is 0.684. The lowest BCUT2D eigenvalue weighted by Crippen LogP contribution is -2.57. The SMILES string of the molecule is C=C[C@@H]1C[C@]1(NC(=O)[C@@H]1C[C@@H]2CN1C(=O)[C@H](C(C)C)CC(C)(C)CCCCCCc1cccc3c1CN(C3)C(=O)O2)C(=O)NS(=O)(=O)C1CC1. The first-order valence-corrected chi connectivity index (χ1v) is 20.0. The third-order valence-electron chi connectivity index (χ3n) is 11.6. The molecule has 6 rings (SSSR count). The van der Waals surface area contributed by atoms with Crippen LogP contribution in [0.3, 0.4) is 0 Å². The molecule has 12 heteroatoms. The number of aryl methyl sites for hydroxylation is 1. The lowest BCUT2D eigenvalue weighted by Gasteiger charge is -2.35. The van der Waals surface area contributed by atoms with Crippen LogP contribution in [0, 0.1) is 23.2 Å². The minimum absolute atomic E-state index is 0.00385. The topological polar surface area (TPSA) is 142 Å². The van der Waals surface area contributed by atoms with Crippen molar-refractivity contribution in [1.82, 2.24) is 19.8 Å². The maximum atomic E-state index is 14.5. The molecule has 3 aliphatic heterocycles. The first-order valence-electron chi connectivity index (χ1n) is 18.5. The molecule has 0 spiro atoms. The molecule has 1 aromatic rings. The van der Waals surface area contributed by atoms with Gasteiger partial charge in [-0.25, -0.2) is 13.2 Å². The van der Waals surface area contributed by atoms with Gasteiger partial charge in [0, 0.05) is 31.3 Å². The van der Waals surface area contributed by atoms with E-state index >= 15 is 0 Å². The highest BCUT2D eigenvalue weighted by molar-refractivity contribution is 7.91. The van der Waals surface area contributed by atoms with Gasteiger partial charge >= 0.3 is 6.09 Å². The van der Waals surface area contributed by atoms with Gasteiger partial charge in [0.2, 0.25) is 21.8 Å². The summed E-state index contributed by atoms with van der Waals surface area (Å²) in [6.45, 7) is 13.2. The summed E-state index contributed by atoms with van der Waals surface area (Å²) in [7, 11) is -3.85. The summed E-state index contributed by atoms with van der Waals surface area (Å²) < 4.78 is 33.6. The van der Waals surface area contributed by atoms with E-state index < -0.39 is 56.8 Å². The van der Waals surface area contributed by atoms with Gasteiger partial charge in [0.15, 0.2) is 0 Å². The van der Waals surface area contributed by atoms with Crippen molar-refractivity contribution in [3.63, 3.8) is 0 Å². The molecule has 5 aliphatic rings. The van der Waals surface area contributed by atoms with E-state index in [2.05, 4.69) is 48.7 Å². The van der Waals surface area contributed by atoms with Gasteiger partial charge in [0.25, 0.3) is 5.91 Å². The molecular formula is C38H54N4O7S. The molecule has 0 unspecified atom stereocenters. The molecule has 1 aromatic carbocycles. The Morgan fingerprint density at radius 2 is 1.76 bits per heavy atom. The van der Waals surface area contributed by atoms with Crippen LogP contribution in [0.5, 0.6) is 0 Å². The fourth-order valence-corrected chi connectivity index (χ4v) is 9.62. The smallest absolute Gasteiger partial charge is 0.410 e. The number of carbonyl (C=O) groups excluding carboxylic acids is 4. The zero-order chi connectivity index (χ0) is 36.0. The van der Waals surface area contributed by atoms with Gasteiger partial charge in [-0.15, -0.1) is 6.58 Å². The van der Waals surface area contributed by atoms with Crippen LogP contribution < -0.4 is 10.0 Å². The average molecular weight is 711 g/mol. The highest BCUT2D eigenvalue weighted by atomic mass is 32.2. The summed E-state index contributed by atoms with van der Waals surface area (Å²) in [6.07, 6.45) is 8.54. The van der Waals surface area contributed by atoms with Crippen LogP contribution in [0.2, 0.25) is 0 Å². The normalized spacial score (nSPS) is 30.2. The summed E-state index contributed by atoms with van der Waals surface area (Å²) >= 11 is 0. The van der Waals surface area contributed by atoms with Crippen molar-refractivity contribution >= 4 is 33.8 Å². The number of benzene rings is 1. The van der Waals surface area contributed by atoms with E-state index in [-0.39, 0.29) is 42.5 Å². The molecular weight excluding hydrogens is 657 g/mol. The second-order valence-corrected chi connectivity index (χ2v) is 18.4. The van der Waals surface area contributed by atoms with Crippen LogP contribution in [-0.2, 0) is 48.7 Å². The average Bonchev–Trinajstić information content (AvgIpc) is 3.95. The van der Waals surface area contributed by atoms with E-state index in [1.807, 2.05) is 13.8 Å². The number of nitrogens with one attached hydrogen (secondary N) is 2. The number of hydrogen-bond acceptors (Lipinski definition) is 7. The predicted octanol–water partition coefficient (Wildman–Crippen LogP) is 4.97. The molecule has 50 heavy (non-hydrogen) atoms. The Labute approximate surface area is 297 Å². The van der Waals surface area contributed by atoms with Gasteiger partial charge in [-0.05, 0) is 73.0 Å². The van der Waals surface area contributed by atoms with Gasteiger partial charge in [-0.2, -0.15) is 0 Å². The molecule has 0 radical (unpaired) electrons. The number of nitrogens with zero attached hydrogens (tertiary/aromatic N) is 2. The molecule has 2 N–H and O–H groups in total. The number of ether oxygens (including phenoxy) is 1. The van der Waals surface area contributed by atoms with Crippen LogP contribution in [0.25, 0.3) is 0 Å². The third kappa shape index (κ3) is 7.60. The summed E-state index contributed by atoms with van der Waals surface area (Å²) in [5, 5.41) is 2.25. The zero-order valence-corrected chi connectivity index (χ0v) is 30.9. The van der Waals surface area contributed by atoms with Crippen LogP contribution >= 0.6 is 0 Å². The van der Waals surface area contributed by atoms with Gasteiger partial charge in [0.1, 0.15) is 17.7 Å². The van der Waals surface area contributed by atoms with Crippen molar-refractivity contribution in [3.8, 4) is 0 Å². The van der Waals surface area contributed by atoms with Crippen LogP contribution in [-0.4, -0.2) is 71.5 Å². The highest BCUT2D eigenvalue weighted by Crippen LogP contribution is 2.46. The van der Waals surface area contributed by atoms with E-state index in [1.54, 1.807) is 11.0 Å². The van der Waals surface area contributed by atoms with E-state index in [0.717, 1.165) is 44.1 Å². The minimum Gasteiger partial charge on any atom is -0.444 e. The number of carbonyl (C=O) groups is 4. The molecule has 4 bridgehead atoms.